The van der Waals surface area contributed by atoms with Crippen LogP contribution in [0.5, 0.6) is 0 Å². The zero-order valence-corrected chi connectivity index (χ0v) is 14.1. The van der Waals surface area contributed by atoms with Gasteiger partial charge in [0, 0.05) is 31.0 Å². The van der Waals surface area contributed by atoms with Gasteiger partial charge in [0.25, 0.3) is 0 Å². The Bertz CT molecular complexity index is 716. The Morgan fingerprint density at radius 1 is 1.52 bits per heavy atom. The van der Waals surface area contributed by atoms with Gasteiger partial charge in [-0.15, -0.1) is 5.10 Å². The molecule has 0 saturated carbocycles. The zero-order valence-electron chi connectivity index (χ0n) is 12.5. The van der Waals surface area contributed by atoms with Crippen molar-refractivity contribution in [3.63, 3.8) is 0 Å². The standard InChI is InChI=1S/C14H17ClN4O3S/c1-22-7-3-6-19-13(21)17-18-14(19)23-9-12(20)16-11-5-2-4-10(15)8-11/h2,4-5,8H,3,6-7,9H2,1H3,(H,16,20)(H,17,21). The first-order valence-corrected chi connectivity index (χ1v) is 8.29. The summed E-state index contributed by atoms with van der Waals surface area (Å²) in [4.78, 5) is 23.6. The molecule has 1 heterocycles. The molecule has 0 unspecified atom stereocenters. The number of methoxy groups -OCH3 is 1. The van der Waals surface area contributed by atoms with E-state index < -0.39 is 0 Å². The summed E-state index contributed by atoms with van der Waals surface area (Å²) in [5.41, 5.74) is 0.335. The van der Waals surface area contributed by atoms with E-state index in [1.165, 1.54) is 16.3 Å². The number of benzene rings is 1. The van der Waals surface area contributed by atoms with Crippen LogP contribution in [0.1, 0.15) is 6.42 Å². The monoisotopic (exact) mass is 356 g/mol. The Balaban J connectivity index is 1.90. The van der Waals surface area contributed by atoms with E-state index in [4.69, 9.17) is 16.3 Å². The molecule has 0 aliphatic heterocycles. The number of ether oxygens (including phenoxy) is 1. The molecule has 7 nitrogen and oxygen atoms in total. The molecule has 2 rings (SSSR count). The number of hydrogen-bond acceptors (Lipinski definition) is 5. The number of anilines is 1. The molecule has 23 heavy (non-hydrogen) atoms. The molecule has 1 aromatic carbocycles. The SMILES string of the molecule is COCCCn1c(SCC(=O)Nc2cccc(Cl)c2)n[nH]c1=O. The van der Waals surface area contributed by atoms with Crippen LogP contribution in [0.2, 0.25) is 5.02 Å². The molecule has 1 aromatic heterocycles. The largest absolute Gasteiger partial charge is 0.385 e. The van der Waals surface area contributed by atoms with Gasteiger partial charge in [-0.1, -0.05) is 29.4 Å². The van der Waals surface area contributed by atoms with Crippen molar-refractivity contribution < 1.29 is 9.53 Å². The number of rotatable bonds is 8. The number of nitrogens with one attached hydrogen (secondary N) is 2. The average molecular weight is 357 g/mol. The Kier molecular flexibility index (Phi) is 6.69. The number of halogens is 1. The third kappa shape index (κ3) is 5.42. The van der Waals surface area contributed by atoms with Gasteiger partial charge in [0.05, 0.1) is 5.75 Å². The summed E-state index contributed by atoms with van der Waals surface area (Å²) in [6, 6.07) is 6.91. The summed E-state index contributed by atoms with van der Waals surface area (Å²) in [6.45, 7) is 1.04. The summed E-state index contributed by atoms with van der Waals surface area (Å²) >= 11 is 7.06. The summed E-state index contributed by atoms with van der Waals surface area (Å²) in [5.74, 6) is -0.0580. The van der Waals surface area contributed by atoms with Crippen LogP contribution in [0, 0.1) is 0 Å². The lowest BCUT2D eigenvalue weighted by molar-refractivity contribution is -0.113. The number of H-pyrrole nitrogens is 1. The molecule has 9 heteroatoms. The van der Waals surface area contributed by atoms with Gasteiger partial charge in [-0.2, -0.15) is 0 Å². The van der Waals surface area contributed by atoms with Gasteiger partial charge in [0.2, 0.25) is 5.91 Å². The van der Waals surface area contributed by atoms with E-state index in [2.05, 4.69) is 15.5 Å². The van der Waals surface area contributed by atoms with Crippen molar-refractivity contribution >= 4 is 35.0 Å². The molecule has 2 N–H and O–H groups in total. The molecular formula is C14H17ClN4O3S. The minimum atomic E-state index is -0.293. The molecular weight excluding hydrogens is 340 g/mol. The van der Waals surface area contributed by atoms with Gasteiger partial charge in [0.1, 0.15) is 0 Å². The van der Waals surface area contributed by atoms with E-state index in [-0.39, 0.29) is 17.3 Å². The van der Waals surface area contributed by atoms with Crippen LogP contribution < -0.4 is 11.0 Å². The maximum Gasteiger partial charge on any atom is 0.343 e. The highest BCUT2D eigenvalue weighted by atomic mass is 35.5. The van der Waals surface area contributed by atoms with Crippen LogP contribution in [-0.2, 0) is 16.1 Å². The van der Waals surface area contributed by atoms with Crippen molar-refractivity contribution in [2.75, 3.05) is 24.8 Å². The molecule has 0 aliphatic carbocycles. The van der Waals surface area contributed by atoms with E-state index in [9.17, 15) is 9.59 Å². The highest BCUT2D eigenvalue weighted by Crippen LogP contribution is 2.17. The summed E-state index contributed by atoms with van der Waals surface area (Å²) in [5, 5.41) is 10.1. The predicted octanol–water partition coefficient (Wildman–Crippen LogP) is 1.99. The summed E-state index contributed by atoms with van der Waals surface area (Å²) in [6.07, 6.45) is 0.693. The maximum absolute atomic E-state index is 12.0. The third-order valence-electron chi connectivity index (χ3n) is 2.89. The Hall–Kier alpha value is -1.77. The fourth-order valence-electron chi connectivity index (χ4n) is 1.87. The van der Waals surface area contributed by atoms with Gasteiger partial charge in [-0.3, -0.25) is 9.36 Å². The lowest BCUT2D eigenvalue weighted by Gasteiger charge is -2.06. The molecule has 0 spiro atoms. The van der Waals surface area contributed by atoms with Crippen LogP contribution in [-0.4, -0.2) is 40.1 Å². The molecule has 0 aliphatic rings. The number of aromatic amines is 1. The Morgan fingerprint density at radius 3 is 3.09 bits per heavy atom. The van der Waals surface area contributed by atoms with Crippen LogP contribution in [0.15, 0.2) is 34.2 Å². The van der Waals surface area contributed by atoms with E-state index in [1.54, 1.807) is 31.4 Å². The first-order chi connectivity index (χ1) is 11.1. The minimum Gasteiger partial charge on any atom is -0.385 e. The number of aromatic nitrogens is 3. The van der Waals surface area contributed by atoms with E-state index in [0.717, 1.165) is 0 Å². The van der Waals surface area contributed by atoms with E-state index >= 15 is 0 Å². The van der Waals surface area contributed by atoms with Crippen molar-refractivity contribution in [3.8, 4) is 0 Å². The highest BCUT2D eigenvalue weighted by Gasteiger charge is 2.11. The van der Waals surface area contributed by atoms with Crippen LogP contribution in [0.25, 0.3) is 0 Å². The van der Waals surface area contributed by atoms with Gasteiger partial charge in [-0.05, 0) is 24.6 Å². The second-order valence-corrected chi connectivity index (χ2v) is 6.04. The van der Waals surface area contributed by atoms with Crippen molar-refractivity contribution in [1.29, 1.82) is 0 Å². The maximum atomic E-state index is 12.0. The molecule has 0 bridgehead atoms. The number of carbonyl (C=O) groups is 1. The fraction of sp³-hybridized carbons (Fsp3) is 0.357. The molecule has 0 saturated heterocycles. The number of carbonyl (C=O) groups excluding carboxylic acids is 1. The lowest BCUT2D eigenvalue weighted by Crippen LogP contribution is -2.19. The fourth-order valence-corrected chi connectivity index (χ4v) is 2.83. The van der Waals surface area contributed by atoms with E-state index in [0.29, 0.717) is 35.4 Å². The minimum absolute atomic E-state index is 0.140. The summed E-state index contributed by atoms with van der Waals surface area (Å²) < 4.78 is 6.46. The van der Waals surface area contributed by atoms with Crippen LogP contribution >= 0.6 is 23.4 Å². The number of hydrogen-bond donors (Lipinski definition) is 2. The lowest BCUT2D eigenvalue weighted by atomic mass is 10.3. The molecule has 1 amide bonds. The van der Waals surface area contributed by atoms with Crippen LogP contribution in [0.3, 0.4) is 0 Å². The van der Waals surface area contributed by atoms with Crippen LogP contribution in [0.4, 0.5) is 5.69 Å². The molecule has 0 radical (unpaired) electrons. The first kappa shape index (κ1) is 17.6. The topological polar surface area (TPSA) is 89.0 Å². The van der Waals surface area contributed by atoms with Crippen molar-refractivity contribution in [2.45, 2.75) is 18.1 Å². The predicted molar refractivity (Wildman–Crippen MR) is 90.1 cm³/mol. The smallest absolute Gasteiger partial charge is 0.343 e. The molecule has 2 aromatic rings. The quantitative estimate of drug-likeness (QED) is 0.557. The molecule has 124 valence electrons. The Morgan fingerprint density at radius 2 is 2.35 bits per heavy atom. The van der Waals surface area contributed by atoms with Crippen molar-refractivity contribution in [3.05, 3.63) is 39.8 Å². The zero-order chi connectivity index (χ0) is 16.7. The average Bonchev–Trinajstić information content (AvgIpc) is 2.86. The van der Waals surface area contributed by atoms with E-state index in [1.807, 2.05) is 0 Å². The first-order valence-electron chi connectivity index (χ1n) is 6.92. The van der Waals surface area contributed by atoms with Crippen molar-refractivity contribution in [1.82, 2.24) is 14.8 Å². The second-order valence-electron chi connectivity index (χ2n) is 4.66. The molecule has 0 atom stereocenters. The number of thioether (sulfide) groups is 1. The number of amides is 1. The van der Waals surface area contributed by atoms with Gasteiger partial charge in [0.15, 0.2) is 5.16 Å². The van der Waals surface area contributed by atoms with Gasteiger partial charge in [-0.25, -0.2) is 9.89 Å². The summed E-state index contributed by atoms with van der Waals surface area (Å²) in [7, 11) is 1.61. The normalized spacial score (nSPS) is 10.7. The second kappa shape index (κ2) is 8.76. The van der Waals surface area contributed by atoms with Crippen molar-refractivity contribution in [2.24, 2.45) is 0 Å². The Labute approximate surface area is 142 Å². The highest BCUT2D eigenvalue weighted by molar-refractivity contribution is 7.99. The molecule has 0 fully saturated rings. The number of nitrogens with zero attached hydrogens (tertiary/aromatic N) is 2. The third-order valence-corrected chi connectivity index (χ3v) is 4.11. The van der Waals surface area contributed by atoms with Gasteiger partial charge >= 0.3 is 5.69 Å². The van der Waals surface area contributed by atoms with Gasteiger partial charge < -0.3 is 10.1 Å².